The van der Waals surface area contributed by atoms with Crippen LogP contribution in [0.25, 0.3) is 0 Å². The molecule has 2 aromatic rings. The largest absolute Gasteiger partial charge is 0.489 e. The van der Waals surface area contributed by atoms with Gasteiger partial charge in [0.15, 0.2) is 0 Å². The lowest BCUT2D eigenvalue weighted by molar-refractivity contribution is 0.0696. The van der Waals surface area contributed by atoms with E-state index < -0.39 is 11.8 Å². The first-order valence-corrected chi connectivity index (χ1v) is 6.19. The highest BCUT2D eigenvalue weighted by Gasteiger charge is 2.09. The molecule has 0 saturated heterocycles. The van der Waals surface area contributed by atoms with Gasteiger partial charge in [0.05, 0.1) is 5.56 Å². The zero-order chi connectivity index (χ0) is 14.7. The van der Waals surface area contributed by atoms with Gasteiger partial charge in [-0.05, 0) is 55.3 Å². The lowest BCUT2D eigenvalue weighted by atomic mass is 10.1. The number of aromatic carboxylic acids is 1. The molecule has 0 heterocycles. The predicted molar refractivity (Wildman–Crippen MR) is 73.6 cm³/mol. The Hall–Kier alpha value is -2.36. The van der Waals surface area contributed by atoms with Crippen LogP contribution < -0.4 is 4.74 Å². The highest BCUT2D eigenvalue weighted by Crippen LogP contribution is 2.19. The number of carboxylic acids is 1. The third-order valence-electron chi connectivity index (χ3n) is 3.17. The minimum atomic E-state index is -1.09. The van der Waals surface area contributed by atoms with Gasteiger partial charge in [-0.1, -0.05) is 6.07 Å². The van der Waals surface area contributed by atoms with Crippen LogP contribution in [0.15, 0.2) is 36.4 Å². The highest BCUT2D eigenvalue weighted by atomic mass is 19.1. The number of hydrogen-bond acceptors (Lipinski definition) is 2. The third kappa shape index (κ3) is 3.15. The fraction of sp³-hybridized carbons (Fsp3) is 0.188. The van der Waals surface area contributed by atoms with Crippen LogP contribution in [0.3, 0.4) is 0 Å². The van der Waals surface area contributed by atoms with Crippen LogP contribution in [0.5, 0.6) is 5.75 Å². The Morgan fingerprint density at radius 1 is 1.15 bits per heavy atom. The van der Waals surface area contributed by atoms with E-state index in [1.54, 1.807) is 6.07 Å². The molecule has 0 bridgehead atoms. The fourth-order valence-electron chi connectivity index (χ4n) is 1.78. The van der Waals surface area contributed by atoms with Gasteiger partial charge in [0, 0.05) is 5.56 Å². The summed E-state index contributed by atoms with van der Waals surface area (Å²) >= 11 is 0. The Labute approximate surface area is 116 Å². The van der Waals surface area contributed by atoms with Gasteiger partial charge in [-0.25, -0.2) is 9.18 Å². The van der Waals surface area contributed by atoms with Gasteiger partial charge in [-0.3, -0.25) is 0 Å². The first kappa shape index (κ1) is 14.1. The molecule has 0 aromatic heterocycles. The van der Waals surface area contributed by atoms with Crippen LogP contribution in [0.2, 0.25) is 0 Å². The number of carbonyl (C=O) groups is 1. The highest BCUT2D eigenvalue weighted by molar-refractivity contribution is 5.87. The molecule has 0 aliphatic carbocycles. The van der Waals surface area contributed by atoms with Crippen molar-refractivity contribution in [2.75, 3.05) is 0 Å². The van der Waals surface area contributed by atoms with Crippen LogP contribution in [0.4, 0.5) is 4.39 Å². The first-order valence-electron chi connectivity index (χ1n) is 6.19. The molecule has 2 aromatic carbocycles. The number of rotatable bonds is 4. The molecule has 104 valence electrons. The third-order valence-corrected chi connectivity index (χ3v) is 3.17. The Morgan fingerprint density at radius 2 is 1.90 bits per heavy atom. The lowest BCUT2D eigenvalue weighted by Crippen LogP contribution is -2.03. The molecule has 0 amide bonds. The quantitative estimate of drug-likeness (QED) is 0.924. The molecular formula is C16H15FO3. The van der Waals surface area contributed by atoms with E-state index >= 15 is 0 Å². The smallest absolute Gasteiger partial charge is 0.335 e. The maximum Gasteiger partial charge on any atom is 0.335 e. The van der Waals surface area contributed by atoms with E-state index in [1.165, 1.54) is 12.1 Å². The predicted octanol–water partition coefficient (Wildman–Crippen LogP) is 3.72. The monoisotopic (exact) mass is 274 g/mol. The molecule has 0 aliphatic heterocycles. The molecule has 3 nitrogen and oxygen atoms in total. The van der Waals surface area contributed by atoms with Crippen molar-refractivity contribution < 1.29 is 19.0 Å². The summed E-state index contributed by atoms with van der Waals surface area (Å²) in [6.07, 6.45) is 0. The molecule has 4 heteroatoms. The van der Waals surface area contributed by atoms with Crippen LogP contribution in [0, 0.1) is 19.7 Å². The van der Waals surface area contributed by atoms with Crippen molar-refractivity contribution in [1.29, 1.82) is 0 Å². The average molecular weight is 274 g/mol. The summed E-state index contributed by atoms with van der Waals surface area (Å²) in [6.45, 7) is 3.96. The van der Waals surface area contributed by atoms with Crippen molar-refractivity contribution in [2.24, 2.45) is 0 Å². The Morgan fingerprint density at radius 3 is 2.55 bits per heavy atom. The van der Waals surface area contributed by atoms with Crippen molar-refractivity contribution in [3.05, 3.63) is 64.5 Å². The number of ether oxygens (including phenoxy) is 1. The minimum Gasteiger partial charge on any atom is -0.489 e. The second-order valence-corrected chi connectivity index (χ2v) is 4.65. The van der Waals surface area contributed by atoms with E-state index in [-0.39, 0.29) is 17.7 Å². The molecular weight excluding hydrogens is 259 g/mol. The number of halogens is 1. The van der Waals surface area contributed by atoms with Crippen molar-refractivity contribution >= 4 is 5.97 Å². The summed E-state index contributed by atoms with van der Waals surface area (Å²) in [6, 6.07) is 9.27. The van der Waals surface area contributed by atoms with Crippen LogP contribution in [-0.2, 0) is 6.61 Å². The van der Waals surface area contributed by atoms with E-state index in [2.05, 4.69) is 0 Å². The zero-order valence-corrected chi connectivity index (χ0v) is 11.3. The second-order valence-electron chi connectivity index (χ2n) is 4.65. The molecule has 0 aliphatic rings. The molecule has 0 fully saturated rings. The lowest BCUT2D eigenvalue weighted by Gasteiger charge is -2.09. The molecule has 0 unspecified atom stereocenters. The maximum absolute atomic E-state index is 13.6. The van der Waals surface area contributed by atoms with Crippen LogP contribution in [0.1, 0.15) is 27.0 Å². The van der Waals surface area contributed by atoms with E-state index in [9.17, 15) is 9.18 Å². The standard InChI is InChI=1S/C16H15FO3/c1-10-3-5-14(7-11(10)2)20-9-13-8-12(16(18)19)4-6-15(13)17/h3-8H,9H2,1-2H3,(H,18,19). The average Bonchev–Trinajstić information content (AvgIpc) is 2.41. The molecule has 2 rings (SSSR count). The summed E-state index contributed by atoms with van der Waals surface area (Å²) in [5, 5.41) is 8.89. The van der Waals surface area contributed by atoms with E-state index in [4.69, 9.17) is 9.84 Å². The summed E-state index contributed by atoms with van der Waals surface area (Å²) in [5.74, 6) is -0.926. The van der Waals surface area contributed by atoms with Gasteiger partial charge in [0.2, 0.25) is 0 Å². The number of hydrogen-bond donors (Lipinski definition) is 1. The van der Waals surface area contributed by atoms with Gasteiger partial charge >= 0.3 is 5.97 Å². The summed E-state index contributed by atoms with van der Waals surface area (Å²) in [7, 11) is 0. The Bertz CT molecular complexity index is 650. The van der Waals surface area contributed by atoms with Crippen molar-refractivity contribution in [2.45, 2.75) is 20.5 Å². The fourth-order valence-corrected chi connectivity index (χ4v) is 1.78. The van der Waals surface area contributed by atoms with Crippen LogP contribution in [-0.4, -0.2) is 11.1 Å². The molecule has 0 atom stereocenters. The SMILES string of the molecule is Cc1ccc(OCc2cc(C(=O)O)ccc2F)cc1C. The Balaban J connectivity index is 2.15. The maximum atomic E-state index is 13.6. The molecule has 0 saturated carbocycles. The normalized spacial score (nSPS) is 10.3. The topological polar surface area (TPSA) is 46.5 Å². The van der Waals surface area contributed by atoms with Gasteiger partial charge in [0.25, 0.3) is 0 Å². The molecule has 1 N–H and O–H groups in total. The number of aryl methyl sites for hydroxylation is 2. The summed E-state index contributed by atoms with van der Waals surface area (Å²) < 4.78 is 19.1. The molecule has 0 spiro atoms. The van der Waals surface area contributed by atoms with Gasteiger partial charge in [-0.2, -0.15) is 0 Å². The van der Waals surface area contributed by atoms with Crippen LogP contribution >= 0.6 is 0 Å². The Kier molecular flexibility index (Phi) is 4.03. The van der Waals surface area contributed by atoms with Crippen molar-refractivity contribution in [3.8, 4) is 5.75 Å². The van der Waals surface area contributed by atoms with Gasteiger partial charge < -0.3 is 9.84 Å². The number of carboxylic acid groups (broad SMARTS) is 1. The van der Waals surface area contributed by atoms with E-state index in [1.807, 2.05) is 26.0 Å². The van der Waals surface area contributed by atoms with E-state index in [0.717, 1.165) is 17.2 Å². The zero-order valence-electron chi connectivity index (χ0n) is 11.3. The summed E-state index contributed by atoms with van der Waals surface area (Å²) in [4.78, 5) is 10.9. The van der Waals surface area contributed by atoms with Gasteiger partial charge in [-0.15, -0.1) is 0 Å². The summed E-state index contributed by atoms with van der Waals surface area (Å²) in [5.41, 5.74) is 2.51. The number of benzene rings is 2. The molecule has 20 heavy (non-hydrogen) atoms. The van der Waals surface area contributed by atoms with Crippen molar-refractivity contribution in [1.82, 2.24) is 0 Å². The second kappa shape index (κ2) is 5.74. The van der Waals surface area contributed by atoms with Crippen molar-refractivity contribution in [3.63, 3.8) is 0 Å². The van der Waals surface area contributed by atoms with E-state index in [0.29, 0.717) is 5.75 Å². The molecule has 0 radical (unpaired) electrons. The van der Waals surface area contributed by atoms with Gasteiger partial charge in [0.1, 0.15) is 18.2 Å². The minimum absolute atomic E-state index is 0.00451. The first-order chi connectivity index (χ1) is 9.47.